The van der Waals surface area contributed by atoms with Crippen molar-refractivity contribution >= 4 is 20.1 Å². The molecule has 30 heavy (non-hydrogen) atoms. The molecule has 0 aromatic heterocycles. The maximum Gasteiger partial charge on any atom is 0.303 e. The summed E-state index contributed by atoms with van der Waals surface area (Å²) in [6.45, 7) is 16.5. The van der Waals surface area contributed by atoms with Crippen LogP contribution in [0.5, 0.6) is 0 Å². The van der Waals surface area contributed by atoms with Crippen LogP contribution in [0.2, 0.25) is 18.1 Å². The highest BCUT2D eigenvalue weighted by Gasteiger charge is 2.46. The Labute approximate surface area is 185 Å². The second-order valence-corrected chi connectivity index (χ2v) is 14.7. The van der Waals surface area contributed by atoms with Crippen molar-refractivity contribution in [3.63, 3.8) is 0 Å². The summed E-state index contributed by atoms with van der Waals surface area (Å²) in [6.07, 6.45) is 8.70. The van der Waals surface area contributed by atoms with E-state index in [1.165, 1.54) is 6.92 Å². The minimum atomic E-state index is -2.02. The summed E-state index contributed by atoms with van der Waals surface area (Å²) in [6, 6.07) is 0. The summed E-state index contributed by atoms with van der Waals surface area (Å²) in [5, 5.41) is 0.0754. The van der Waals surface area contributed by atoms with Crippen molar-refractivity contribution in [3.8, 4) is 11.8 Å². The normalized spacial score (nSPS) is 23.3. The lowest BCUT2D eigenvalue weighted by Gasteiger charge is -2.39. The van der Waals surface area contributed by atoms with Gasteiger partial charge < -0.3 is 9.16 Å². The Balaban J connectivity index is 3.11. The molecular formula is C25H42O4Si. The fourth-order valence-corrected chi connectivity index (χ4v) is 4.96. The van der Waals surface area contributed by atoms with Crippen LogP contribution in [-0.4, -0.2) is 32.3 Å². The van der Waals surface area contributed by atoms with E-state index in [1.54, 1.807) is 6.92 Å². The molecule has 0 N–H and O–H groups in total. The number of carbonyl (C=O) groups is 2. The monoisotopic (exact) mass is 434 g/mol. The van der Waals surface area contributed by atoms with Crippen LogP contribution >= 0.6 is 0 Å². The molecule has 0 bridgehead atoms. The number of ketones is 1. The van der Waals surface area contributed by atoms with Crippen LogP contribution in [0.3, 0.4) is 0 Å². The van der Waals surface area contributed by atoms with E-state index in [4.69, 9.17) is 9.16 Å². The first-order chi connectivity index (χ1) is 13.9. The van der Waals surface area contributed by atoms with Gasteiger partial charge in [-0.15, -0.1) is 11.8 Å². The van der Waals surface area contributed by atoms with Crippen LogP contribution in [0.25, 0.3) is 0 Å². The van der Waals surface area contributed by atoms with Gasteiger partial charge in [0.25, 0.3) is 0 Å². The van der Waals surface area contributed by atoms with Gasteiger partial charge in [-0.3, -0.25) is 9.59 Å². The predicted octanol–water partition coefficient (Wildman–Crippen LogP) is 6.06. The van der Waals surface area contributed by atoms with E-state index < -0.39 is 8.32 Å². The highest BCUT2D eigenvalue weighted by Crippen LogP contribution is 2.42. The molecule has 4 nitrogen and oxygen atoms in total. The number of unbranched alkanes of at least 4 members (excludes halogenated alkanes) is 2. The van der Waals surface area contributed by atoms with Crippen molar-refractivity contribution in [2.75, 3.05) is 0 Å². The smallest absolute Gasteiger partial charge is 0.303 e. The van der Waals surface area contributed by atoms with Gasteiger partial charge in [0.1, 0.15) is 11.9 Å². The van der Waals surface area contributed by atoms with Gasteiger partial charge >= 0.3 is 5.97 Å². The molecule has 0 radical (unpaired) electrons. The summed E-state index contributed by atoms with van der Waals surface area (Å²) in [7, 11) is -2.02. The molecule has 0 spiro atoms. The minimum Gasteiger partial charge on any atom is -0.458 e. The zero-order valence-corrected chi connectivity index (χ0v) is 21.3. The Morgan fingerprint density at radius 1 is 1.30 bits per heavy atom. The average molecular weight is 435 g/mol. The molecule has 0 aliphatic heterocycles. The Bertz CT molecular complexity index is 663. The standard InChI is InChI=1S/C25H42O4Si/c1-9-11-13-14-20(28-19(3)26)16-17-22-21(15-12-10-2)23(27)18-24(22)29-30(7,8)25(4,5)6/h16-17,20-22,24H,9,11,13-15,18H2,1-8H3/b17-16+/t20-,21+,22+,24+/m0/s1. The summed E-state index contributed by atoms with van der Waals surface area (Å²) in [5.74, 6) is 5.78. The van der Waals surface area contributed by atoms with Gasteiger partial charge in [0.2, 0.25) is 0 Å². The van der Waals surface area contributed by atoms with E-state index in [-0.39, 0.29) is 40.8 Å². The van der Waals surface area contributed by atoms with Gasteiger partial charge in [-0.2, -0.15) is 0 Å². The molecular weight excluding hydrogens is 392 g/mol. The largest absolute Gasteiger partial charge is 0.458 e. The maximum atomic E-state index is 12.8. The topological polar surface area (TPSA) is 52.6 Å². The van der Waals surface area contributed by atoms with Crippen molar-refractivity contribution in [2.24, 2.45) is 11.8 Å². The van der Waals surface area contributed by atoms with Crippen molar-refractivity contribution in [1.82, 2.24) is 0 Å². The highest BCUT2D eigenvalue weighted by atomic mass is 28.4. The quantitative estimate of drug-likeness (QED) is 0.138. The van der Waals surface area contributed by atoms with Crippen LogP contribution in [0.1, 0.15) is 80.1 Å². The molecule has 0 unspecified atom stereocenters. The van der Waals surface area contributed by atoms with Gasteiger partial charge in [-0.05, 0) is 44.0 Å². The number of carbonyl (C=O) groups excluding carboxylic acids is 2. The third kappa shape index (κ3) is 8.04. The zero-order chi connectivity index (χ0) is 22.9. The first-order valence-corrected chi connectivity index (χ1v) is 14.3. The first kappa shape index (κ1) is 26.7. The van der Waals surface area contributed by atoms with E-state index in [0.29, 0.717) is 12.8 Å². The molecule has 1 aliphatic carbocycles. The lowest BCUT2D eigenvalue weighted by Crippen LogP contribution is -2.45. The van der Waals surface area contributed by atoms with Crippen LogP contribution in [-0.2, 0) is 18.8 Å². The Morgan fingerprint density at radius 2 is 1.97 bits per heavy atom. The molecule has 1 rings (SSSR count). The summed E-state index contributed by atoms with van der Waals surface area (Å²) >= 11 is 0. The molecule has 170 valence electrons. The number of hydrogen-bond donors (Lipinski definition) is 0. The molecule has 0 amide bonds. The Kier molecular flexibility index (Phi) is 10.5. The third-order valence-electron chi connectivity index (χ3n) is 6.42. The molecule has 0 aromatic carbocycles. The van der Waals surface area contributed by atoms with Crippen LogP contribution in [0.15, 0.2) is 12.2 Å². The second-order valence-electron chi connectivity index (χ2n) is 9.93. The summed E-state index contributed by atoms with van der Waals surface area (Å²) < 4.78 is 12.2. The predicted molar refractivity (Wildman–Crippen MR) is 126 cm³/mol. The Morgan fingerprint density at radius 3 is 2.50 bits per heavy atom. The molecule has 1 fully saturated rings. The number of Topliss-reactive ketones (excluding diaryl/α,β-unsaturated/α-hetero) is 1. The molecule has 1 aliphatic rings. The molecule has 0 heterocycles. The molecule has 0 aromatic rings. The summed E-state index contributed by atoms with van der Waals surface area (Å²) in [5.41, 5.74) is 0. The number of hydrogen-bond acceptors (Lipinski definition) is 4. The van der Waals surface area contributed by atoms with Crippen LogP contribution in [0, 0.1) is 23.7 Å². The van der Waals surface area contributed by atoms with Gasteiger partial charge in [0.05, 0.1) is 6.10 Å². The minimum absolute atomic E-state index is 0.0308. The fourth-order valence-electron chi connectivity index (χ4n) is 3.61. The number of esters is 1. The average Bonchev–Trinajstić information content (AvgIpc) is 2.90. The SMILES string of the molecule is CC#CC[C@H]1C(=O)C[C@@H](O[Si](C)(C)C(C)(C)C)[C@@H]1/C=C/[C@H](CCCCC)OC(C)=O. The van der Waals surface area contributed by atoms with E-state index in [9.17, 15) is 9.59 Å². The van der Waals surface area contributed by atoms with Gasteiger partial charge in [-0.25, -0.2) is 0 Å². The van der Waals surface area contributed by atoms with Crippen molar-refractivity contribution < 1.29 is 18.8 Å². The molecule has 4 atom stereocenters. The number of rotatable bonds is 10. The van der Waals surface area contributed by atoms with Crippen molar-refractivity contribution in [2.45, 2.75) is 110 Å². The van der Waals surface area contributed by atoms with E-state index in [1.807, 2.05) is 6.08 Å². The molecule has 1 saturated carbocycles. The lowest BCUT2D eigenvalue weighted by atomic mass is 9.90. The van der Waals surface area contributed by atoms with Gasteiger partial charge in [-0.1, -0.05) is 46.6 Å². The second kappa shape index (κ2) is 11.9. The van der Waals surface area contributed by atoms with Gasteiger partial charge in [0.15, 0.2) is 8.32 Å². The van der Waals surface area contributed by atoms with Crippen LogP contribution < -0.4 is 0 Å². The van der Waals surface area contributed by atoms with E-state index in [0.717, 1.165) is 25.7 Å². The highest BCUT2D eigenvalue weighted by molar-refractivity contribution is 6.74. The molecule has 0 saturated heterocycles. The maximum absolute atomic E-state index is 12.8. The third-order valence-corrected chi connectivity index (χ3v) is 10.9. The van der Waals surface area contributed by atoms with Gasteiger partial charge in [0, 0.05) is 31.6 Å². The Hall–Kier alpha value is -1.38. The van der Waals surface area contributed by atoms with Crippen LogP contribution in [0.4, 0.5) is 0 Å². The van der Waals surface area contributed by atoms with Crippen molar-refractivity contribution in [1.29, 1.82) is 0 Å². The van der Waals surface area contributed by atoms with E-state index in [2.05, 4.69) is 58.7 Å². The number of ether oxygens (including phenoxy) is 1. The molecule has 5 heteroatoms. The summed E-state index contributed by atoms with van der Waals surface area (Å²) in [4.78, 5) is 24.4. The zero-order valence-electron chi connectivity index (χ0n) is 20.3. The fraction of sp³-hybridized carbons (Fsp3) is 0.760. The van der Waals surface area contributed by atoms with Crippen molar-refractivity contribution in [3.05, 3.63) is 12.2 Å². The first-order valence-electron chi connectivity index (χ1n) is 11.4. The van der Waals surface area contributed by atoms with E-state index >= 15 is 0 Å². The lowest BCUT2D eigenvalue weighted by molar-refractivity contribution is -0.144.